The van der Waals surface area contributed by atoms with Gasteiger partial charge < -0.3 is 10.6 Å². The van der Waals surface area contributed by atoms with Crippen LogP contribution in [-0.4, -0.2) is 54.5 Å². The molecule has 1 aliphatic heterocycles. The SMILES string of the molecule is Cc1cc(N(C)C)nc(C2CCN(CC(N)=O)CC2)n1. The number of amides is 1. The van der Waals surface area contributed by atoms with Crippen LogP contribution in [0.25, 0.3) is 0 Å². The summed E-state index contributed by atoms with van der Waals surface area (Å²) in [6.45, 7) is 4.11. The summed E-state index contributed by atoms with van der Waals surface area (Å²) < 4.78 is 0. The lowest BCUT2D eigenvalue weighted by Crippen LogP contribution is -2.39. The highest BCUT2D eigenvalue weighted by atomic mass is 16.1. The molecule has 0 unspecified atom stereocenters. The van der Waals surface area contributed by atoms with Gasteiger partial charge in [-0.2, -0.15) is 0 Å². The molecule has 0 atom stereocenters. The van der Waals surface area contributed by atoms with Gasteiger partial charge in [0.05, 0.1) is 6.54 Å². The van der Waals surface area contributed by atoms with Crippen molar-refractivity contribution in [3.8, 4) is 0 Å². The Bertz CT molecular complexity index is 480. The average molecular weight is 277 g/mol. The van der Waals surface area contributed by atoms with Gasteiger partial charge in [0.25, 0.3) is 0 Å². The van der Waals surface area contributed by atoms with E-state index >= 15 is 0 Å². The van der Waals surface area contributed by atoms with Gasteiger partial charge in [0.15, 0.2) is 0 Å². The van der Waals surface area contributed by atoms with Crippen LogP contribution in [0.2, 0.25) is 0 Å². The van der Waals surface area contributed by atoms with Crippen molar-refractivity contribution in [2.24, 2.45) is 5.73 Å². The molecule has 0 aromatic carbocycles. The highest BCUT2D eigenvalue weighted by Gasteiger charge is 2.24. The number of anilines is 1. The smallest absolute Gasteiger partial charge is 0.231 e. The Morgan fingerprint density at radius 2 is 2.05 bits per heavy atom. The molecule has 110 valence electrons. The van der Waals surface area contributed by atoms with Crippen molar-refractivity contribution in [1.82, 2.24) is 14.9 Å². The average Bonchev–Trinajstić information content (AvgIpc) is 2.38. The summed E-state index contributed by atoms with van der Waals surface area (Å²) in [6, 6.07) is 1.99. The summed E-state index contributed by atoms with van der Waals surface area (Å²) in [5.41, 5.74) is 6.23. The molecule has 1 amide bonds. The fourth-order valence-electron chi connectivity index (χ4n) is 2.56. The first-order chi connectivity index (χ1) is 9.45. The van der Waals surface area contributed by atoms with Crippen molar-refractivity contribution in [2.75, 3.05) is 38.6 Å². The van der Waals surface area contributed by atoms with Gasteiger partial charge in [-0.15, -0.1) is 0 Å². The van der Waals surface area contributed by atoms with E-state index in [1.807, 2.05) is 32.0 Å². The Kier molecular flexibility index (Phi) is 4.54. The van der Waals surface area contributed by atoms with Gasteiger partial charge in [0.1, 0.15) is 11.6 Å². The summed E-state index contributed by atoms with van der Waals surface area (Å²) in [4.78, 5) is 24.3. The van der Waals surface area contributed by atoms with Crippen molar-refractivity contribution >= 4 is 11.7 Å². The number of nitrogens with two attached hydrogens (primary N) is 1. The van der Waals surface area contributed by atoms with Gasteiger partial charge in [-0.3, -0.25) is 9.69 Å². The van der Waals surface area contributed by atoms with Gasteiger partial charge in [0.2, 0.25) is 5.91 Å². The Labute approximate surface area is 120 Å². The van der Waals surface area contributed by atoms with E-state index in [1.165, 1.54) is 0 Å². The normalized spacial score (nSPS) is 17.1. The molecular weight excluding hydrogens is 254 g/mol. The fourth-order valence-corrected chi connectivity index (χ4v) is 2.56. The minimum atomic E-state index is -0.259. The second kappa shape index (κ2) is 6.17. The van der Waals surface area contributed by atoms with E-state index in [2.05, 4.69) is 14.9 Å². The number of piperidine rings is 1. The second-order valence-electron chi connectivity index (χ2n) is 5.64. The van der Waals surface area contributed by atoms with Crippen LogP contribution < -0.4 is 10.6 Å². The molecular formula is C14H23N5O. The number of hydrogen-bond acceptors (Lipinski definition) is 5. The molecule has 1 aliphatic rings. The molecule has 2 rings (SSSR count). The van der Waals surface area contributed by atoms with E-state index in [0.717, 1.165) is 43.3 Å². The lowest BCUT2D eigenvalue weighted by molar-refractivity contribution is -0.119. The zero-order valence-electron chi connectivity index (χ0n) is 12.5. The number of carbonyl (C=O) groups excluding carboxylic acids is 1. The number of aryl methyl sites for hydroxylation is 1. The Balaban J connectivity index is 2.05. The maximum Gasteiger partial charge on any atom is 0.231 e. The van der Waals surface area contributed by atoms with E-state index < -0.39 is 0 Å². The molecule has 0 radical (unpaired) electrons. The second-order valence-corrected chi connectivity index (χ2v) is 5.64. The molecule has 1 fully saturated rings. The van der Waals surface area contributed by atoms with E-state index in [0.29, 0.717) is 12.5 Å². The molecule has 6 nitrogen and oxygen atoms in total. The number of nitrogens with zero attached hydrogens (tertiary/aromatic N) is 4. The van der Waals surface area contributed by atoms with Gasteiger partial charge >= 0.3 is 0 Å². The number of primary amides is 1. The van der Waals surface area contributed by atoms with Gasteiger partial charge in [-0.1, -0.05) is 0 Å². The van der Waals surface area contributed by atoms with E-state index in [4.69, 9.17) is 5.73 Å². The molecule has 0 aliphatic carbocycles. The van der Waals surface area contributed by atoms with Crippen molar-refractivity contribution in [3.63, 3.8) is 0 Å². The van der Waals surface area contributed by atoms with Crippen LogP contribution in [-0.2, 0) is 4.79 Å². The van der Waals surface area contributed by atoms with Crippen LogP contribution in [0.15, 0.2) is 6.07 Å². The zero-order valence-corrected chi connectivity index (χ0v) is 12.5. The summed E-state index contributed by atoms with van der Waals surface area (Å²) in [5, 5.41) is 0. The van der Waals surface area contributed by atoms with Crippen molar-refractivity contribution < 1.29 is 4.79 Å². The van der Waals surface area contributed by atoms with E-state index in [-0.39, 0.29) is 5.91 Å². The largest absolute Gasteiger partial charge is 0.369 e. The molecule has 2 heterocycles. The number of likely N-dealkylation sites (tertiary alicyclic amines) is 1. The molecule has 0 saturated carbocycles. The highest BCUT2D eigenvalue weighted by molar-refractivity contribution is 5.75. The van der Waals surface area contributed by atoms with Crippen molar-refractivity contribution in [3.05, 3.63) is 17.6 Å². The van der Waals surface area contributed by atoms with Crippen LogP contribution >= 0.6 is 0 Å². The van der Waals surface area contributed by atoms with Crippen molar-refractivity contribution in [2.45, 2.75) is 25.7 Å². The lowest BCUT2D eigenvalue weighted by atomic mass is 9.96. The van der Waals surface area contributed by atoms with Gasteiger partial charge in [0, 0.05) is 31.8 Å². The number of rotatable bonds is 4. The summed E-state index contributed by atoms with van der Waals surface area (Å²) >= 11 is 0. The van der Waals surface area contributed by atoms with Crippen LogP contribution in [0.5, 0.6) is 0 Å². The van der Waals surface area contributed by atoms with Crippen LogP contribution in [0, 0.1) is 6.92 Å². The van der Waals surface area contributed by atoms with E-state index in [9.17, 15) is 4.79 Å². The molecule has 1 aromatic heterocycles. The third-order valence-electron chi connectivity index (χ3n) is 3.65. The maximum absolute atomic E-state index is 10.9. The van der Waals surface area contributed by atoms with E-state index in [1.54, 1.807) is 0 Å². The predicted molar refractivity (Wildman–Crippen MR) is 78.7 cm³/mol. The highest BCUT2D eigenvalue weighted by Crippen LogP contribution is 2.26. The van der Waals surface area contributed by atoms with Crippen molar-refractivity contribution in [1.29, 1.82) is 0 Å². The van der Waals surface area contributed by atoms with Gasteiger partial charge in [-0.05, 0) is 32.9 Å². The topological polar surface area (TPSA) is 75.3 Å². The number of aromatic nitrogens is 2. The third kappa shape index (κ3) is 3.66. The minimum absolute atomic E-state index is 0.259. The third-order valence-corrected chi connectivity index (χ3v) is 3.65. The molecule has 0 spiro atoms. The standard InChI is InChI=1S/C14H23N5O/c1-10-8-13(18(2)3)17-14(16-10)11-4-6-19(7-5-11)9-12(15)20/h8,11H,4-7,9H2,1-3H3,(H2,15,20). The molecule has 6 heteroatoms. The quantitative estimate of drug-likeness (QED) is 0.868. The molecule has 1 aromatic rings. The monoisotopic (exact) mass is 277 g/mol. The molecule has 2 N–H and O–H groups in total. The summed E-state index contributed by atoms with van der Waals surface area (Å²) in [7, 11) is 3.97. The first-order valence-corrected chi connectivity index (χ1v) is 6.99. The van der Waals surface area contributed by atoms with Crippen LogP contribution in [0.3, 0.4) is 0 Å². The molecule has 0 bridgehead atoms. The fraction of sp³-hybridized carbons (Fsp3) is 0.643. The number of carbonyl (C=O) groups is 1. The Morgan fingerprint density at radius 1 is 1.40 bits per heavy atom. The summed E-state index contributed by atoms with van der Waals surface area (Å²) in [6.07, 6.45) is 1.95. The molecule has 1 saturated heterocycles. The van der Waals surface area contributed by atoms with Crippen LogP contribution in [0.4, 0.5) is 5.82 Å². The molecule has 20 heavy (non-hydrogen) atoms. The lowest BCUT2D eigenvalue weighted by Gasteiger charge is -2.30. The summed E-state index contributed by atoms with van der Waals surface area (Å²) in [5.74, 6) is 1.99. The first-order valence-electron chi connectivity index (χ1n) is 6.99. The Hall–Kier alpha value is -1.69. The zero-order chi connectivity index (χ0) is 14.7. The van der Waals surface area contributed by atoms with Crippen LogP contribution in [0.1, 0.15) is 30.3 Å². The first kappa shape index (κ1) is 14.7. The predicted octanol–water partition coefficient (Wildman–Crippen LogP) is 0.516. The Morgan fingerprint density at radius 3 is 2.60 bits per heavy atom. The number of hydrogen-bond donors (Lipinski definition) is 1. The minimum Gasteiger partial charge on any atom is -0.369 e. The van der Waals surface area contributed by atoms with Gasteiger partial charge in [-0.25, -0.2) is 9.97 Å². The maximum atomic E-state index is 10.9.